The van der Waals surface area contributed by atoms with Gasteiger partial charge in [0.25, 0.3) is 5.91 Å². The fourth-order valence-corrected chi connectivity index (χ4v) is 5.01. The number of amides is 2. The molecule has 6 nitrogen and oxygen atoms in total. The second-order valence-electron chi connectivity index (χ2n) is 9.09. The molecule has 3 aromatic rings. The zero-order valence-corrected chi connectivity index (χ0v) is 21.1. The van der Waals surface area contributed by atoms with Gasteiger partial charge in [-0.3, -0.25) is 9.59 Å². The van der Waals surface area contributed by atoms with Crippen molar-refractivity contribution in [1.82, 2.24) is 14.8 Å². The summed E-state index contributed by atoms with van der Waals surface area (Å²) in [6.45, 7) is 2.53. The molecule has 0 aliphatic carbocycles. The molecule has 1 spiro atoms. The van der Waals surface area contributed by atoms with Crippen LogP contribution in [0.5, 0.6) is 11.6 Å². The molecule has 35 heavy (non-hydrogen) atoms. The number of hydrogen-bond acceptors (Lipinski definition) is 4. The minimum Gasteiger partial charge on any atom is -0.439 e. The summed E-state index contributed by atoms with van der Waals surface area (Å²) in [4.78, 5) is 33.0. The van der Waals surface area contributed by atoms with E-state index < -0.39 is 0 Å². The number of carbonyl (C=O) groups is 2. The smallest absolute Gasteiger partial charge is 0.253 e. The highest BCUT2D eigenvalue weighted by Gasteiger charge is 2.54. The summed E-state index contributed by atoms with van der Waals surface area (Å²) >= 11 is 9.07. The minimum absolute atomic E-state index is 0.0164. The van der Waals surface area contributed by atoms with Crippen molar-refractivity contribution in [3.8, 4) is 11.6 Å². The van der Waals surface area contributed by atoms with Gasteiger partial charge in [0.15, 0.2) is 0 Å². The Morgan fingerprint density at radius 3 is 2.40 bits per heavy atom. The van der Waals surface area contributed by atoms with Crippen LogP contribution < -0.4 is 4.74 Å². The Balaban J connectivity index is 1.08. The fraction of sp³-hybridized carbons (Fsp3) is 0.269. The molecule has 0 radical (unpaired) electrons. The second-order valence-corrected chi connectivity index (χ2v) is 10.4. The molecule has 2 amide bonds. The molecule has 2 saturated heterocycles. The molecule has 9 heteroatoms. The molecule has 2 aliphatic heterocycles. The van der Waals surface area contributed by atoms with Crippen molar-refractivity contribution in [2.24, 2.45) is 5.41 Å². The first-order valence-electron chi connectivity index (χ1n) is 11.2. The van der Waals surface area contributed by atoms with Crippen LogP contribution in [0.15, 0.2) is 65.3 Å². The summed E-state index contributed by atoms with van der Waals surface area (Å²) in [5, 5.41) is 0.528. The first-order chi connectivity index (χ1) is 16.8. The first kappa shape index (κ1) is 23.8. The Kier molecular flexibility index (Phi) is 6.51. The third kappa shape index (κ3) is 5.18. The largest absolute Gasteiger partial charge is 0.439 e. The van der Waals surface area contributed by atoms with E-state index in [4.69, 9.17) is 16.3 Å². The number of hydrogen-bond donors (Lipinski definition) is 0. The maximum Gasteiger partial charge on any atom is 0.253 e. The van der Waals surface area contributed by atoms with Gasteiger partial charge < -0.3 is 14.5 Å². The van der Waals surface area contributed by atoms with E-state index in [1.807, 2.05) is 0 Å². The highest BCUT2D eigenvalue weighted by molar-refractivity contribution is 9.10. The Bertz CT molecular complexity index is 1260. The predicted molar refractivity (Wildman–Crippen MR) is 133 cm³/mol. The minimum atomic E-state index is -0.304. The molecule has 2 aliphatic rings. The van der Waals surface area contributed by atoms with Gasteiger partial charge in [-0.15, -0.1) is 0 Å². The van der Waals surface area contributed by atoms with Gasteiger partial charge in [-0.05, 0) is 54.4 Å². The SMILES string of the molecule is O=C(CCc1ccc(Br)cc1F)N1CC2(C1)CN(C(=O)c1ccc(Oc3ccc(Cl)cn3)cc1)C2. The van der Waals surface area contributed by atoms with Crippen LogP contribution in [0.4, 0.5) is 4.39 Å². The van der Waals surface area contributed by atoms with E-state index in [1.165, 1.54) is 12.3 Å². The van der Waals surface area contributed by atoms with Crippen LogP contribution >= 0.6 is 27.5 Å². The standard InChI is InChI=1S/C26H22BrClFN3O3/c27-19-5-1-17(22(29)11-19)4-10-24(33)31-13-26(14-31)15-32(16-26)25(34)18-2-7-21(8-3-18)35-23-9-6-20(28)12-30-23/h1-3,5-9,11-12H,4,10,13-16H2. The average Bonchev–Trinajstić information content (AvgIpc) is 2.78. The van der Waals surface area contributed by atoms with Crippen molar-refractivity contribution < 1.29 is 18.7 Å². The summed E-state index contributed by atoms with van der Waals surface area (Å²) in [7, 11) is 0. The zero-order valence-electron chi connectivity index (χ0n) is 18.7. The molecule has 1 aromatic heterocycles. The number of pyridine rings is 1. The van der Waals surface area contributed by atoms with Crippen molar-refractivity contribution in [3.63, 3.8) is 0 Å². The molecule has 0 N–H and O–H groups in total. The zero-order chi connectivity index (χ0) is 24.6. The second kappa shape index (κ2) is 9.59. The maximum absolute atomic E-state index is 14.0. The Morgan fingerprint density at radius 1 is 1.03 bits per heavy atom. The Morgan fingerprint density at radius 2 is 1.74 bits per heavy atom. The van der Waals surface area contributed by atoms with Gasteiger partial charge in [-0.1, -0.05) is 33.6 Å². The molecular weight excluding hydrogens is 537 g/mol. The lowest BCUT2D eigenvalue weighted by atomic mass is 9.72. The van der Waals surface area contributed by atoms with Crippen LogP contribution in [0.3, 0.4) is 0 Å². The number of aromatic nitrogens is 1. The van der Waals surface area contributed by atoms with E-state index in [0.717, 1.165) is 0 Å². The molecule has 2 aromatic carbocycles. The lowest BCUT2D eigenvalue weighted by Gasteiger charge is -2.60. The third-order valence-corrected chi connectivity index (χ3v) is 7.11. The number of aryl methyl sites for hydroxylation is 1. The normalized spacial score (nSPS) is 16.0. The monoisotopic (exact) mass is 557 g/mol. The van der Waals surface area contributed by atoms with E-state index in [2.05, 4.69) is 20.9 Å². The number of nitrogens with zero attached hydrogens (tertiary/aromatic N) is 3. The van der Waals surface area contributed by atoms with Gasteiger partial charge in [-0.2, -0.15) is 0 Å². The first-order valence-corrected chi connectivity index (χ1v) is 12.4. The van der Waals surface area contributed by atoms with E-state index in [0.29, 0.717) is 64.9 Å². The van der Waals surface area contributed by atoms with E-state index in [9.17, 15) is 14.0 Å². The molecule has 5 rings (SSSR count). The number of likely N-dealkylation sites (tertiary alicyclic amines) is 2. The van der Waals surface area contributed by atoms with Crippen LogP contribution in [0.2, 0.25) is 5.02 Å². The summed E-state index contributed by atoms with van der Waals surface area (Å²) in [5.41, 5.74) is 1.11. The molecule has 180 valence electrons. The number of benzene rings is 2. The highest BCUT2D eigenvalue weighted by Crippen LogP contribution is 2.40. The molecular formula is C26H22BrClFN3O3. The number of ether oxygens (including phenoxy) is 1. The molecule has 0 bridgehead atoms. The van der Waals surface area contributed by atoms with Gasteiger partial charge in [0.05, 0.1) is 5.02 Å². The third-order valence-electron chi connectivity index (χ3n) is 6.39. The number of rotatable bonds is 6. The van der Waals surface area contributed by atoms with Gasteiger partial charge in [-0.25, -0.2) is 9.37 Å². The molecule has 0 atom stereocenters. The van der Waals surface area contributed by atoms with Gasteiger partial charge in [0.1, 0.15) is 11.6 Å². The summed E-state index contributed by atoms with van der Waals surface area (Å²) in [5.74, 6) is 0.675. The Labute approximate surface area is 215 Å². The molecule has 2 fully saturated rings. The van der Waals surface area contributed by atoms with Crippen molar-refractivity contribution in [2.45, 2.75) is 12.8 Å². The van der Waals surface area contributed by atoms with Crippen LogP contribution in [0.25, 0.3) is 0 Å². The predicted octanol–water partition coefficient (Wildman–Crippen LogP) is 5.35. The van der Waals surface area contributed by atoms with Crippen molar-refractivity contribution in [2.75, 3.05) is 26.2 Å². The van der Waals surface area contributed by atoms with E-state index in [-0.39, 0.29) is 29.5 Å². The van der Waals surface area contributed by atoms with Gasteiger partial charge in [0, 0.05) is 60.3 Å². The maximum atomic E-state index is 14.0. The average molecular weight is 559 g/mol. The van der Waals surface area contributed by atoms with Gasteiger partial charge >= 0.3 is 0 Å². The Hall–Kier alpha value is -2.97. The summed E-state index contributed by atoms with van der Waals surface area (Å²) in [6, 6.07) is 15.2. The highest BCUT2D eigenvalue weighted by atomic mass is 79.9. The lowest BCUT2D eigenvalue weighted by Crippen LogP contribution is -2.73. The fourth-order valence-electron chi connectivity index (χ4n) is 4.56. The van der Waals surface area contributed by atoms with Crippen LogP contribution in [-0.2, 0) is 11.2 Å². The molecule has 0 unspecified atom stereocenters. The number of halogens is 3. The van der Waals surface area contributed by atoms with Crippen molar-refractivity contribution in [3.05, 3.63) is 87.2 Å². The molecule has 0 saturated carbocycles. The van der Waals surface area contributed by atoms with Crippen molar-refractivity contribution >= 4 is 39.3 Å². The van der Waals surface area contributed by atoms with Crippen molar-refractivity contribution in [1.29, 1.82) is 0 Å². The molecule has 3 heterocycles. The van der Waals surface area contributed by atoms with E-state index >= 15 is 0 Å². The quantitative estimate of drug-likeness (QED) is 0.409. The number of carbonyl (C=O) groups excluding carboxylic acids is 2. The lowest BCUT2D eigenvalue weighted by molar-refractivity contribution is -0.154. The van der Waals surface area contributed by atoms with Crippen LogP contribution in [0, 0.1) is 11.2 Å². The topological polar surface area (TPSA) is 62.7 Å². The van der Waals surface area contributed by atoms with Crippen LogP contribution in [0.1, 0.15) is 22.3 Å². The van der Waals surface area contributed by atoms with E-state index in [1.54, 1.807) is 58.3 Å². The summed E-state index contributed by atoms with van der Waals surface area (Å²) < 4.78 is 20.3. The summed E-state index contributed by atoms with van der Waals surface area (Å²) in [6.07, 6.45) is 2.16. The van der Waals surface area contributed by atoms with Crippen LogP contribution in [-0.4, -0.2) is 52.8 Å². The van der Waals surface area contributed by atoms with Gasteiger partial charge in [0.2, 0.25) is 11.8 Å².